The Morgan fingerprint density at radius 1 is 1.29 bits per heavy atom. The second kappa shape index (κ2) is 4.84. The van der Waals surface area contributed by atoms with Gasteiger partial charge in [-0.2, -0.15) is 5.26 Å². The molecule has 1 aromatic carbocycles. The van der Waals surface area contributed by atoms with Gasteiger partial charge in [-0.25, -0.2) is 0 Å². The Morgan fingerprint density at radius 2 is 1.82 bits per heavy atom. The van der Waals surface area contributed by atoms with Crippen molar-refractivity contribution in [3.63, 3.8) is 0 Å². The van der Waals surface area contributed by atoms with E-state index in [0.717, 1.165) is 0 Å². The van der Waals surface area contributed by atoms with Crippen LogP contribution in [0, 0.1) is 16.7 Å². The number of rotatable bonds is 2. The molecule has 88 valence electrons. The van der Waals surface area contributed by atoms with Crippen molar-refractivity contribution < 1.29 is 9.53 Å². The lowest BCUT2D eigenvalue weighted by molar-refractivity contribution is -0.145. The van der Waals surface area contributed by atoms with Gasteiger partial charge in [0.2, 0.25) is 0 Å². The molecule has 0 radical (unpaired) electrons. The third-order valence-electron chi connectivity index (χ3n) is 2.16. The minimum Gasteiger partial charge on any atom is -0.426 e. The summed E-state index contributed by atoms with van der Waals surface area (Å²) in [6, 6.07) is 8.75. The zero-order valence-corrected chi connectivity index (χ0v) is 10.3. The highest BCUT2D eigenvalue weighted by Crippen LogP contribution is 2.21. The number of carbonyl (C=O) groups excluding carboxylic acids is 1. The maximum atomic E-state index is 11.6. The Balaban J connectivity index is 2.78. The normalized spacial score (nSPS) is 10.5. The van der Waals surface area contributed by atoms with Crippen LogP contribution in [-0.4, -0.2) is 5.97 Å². The third kappa shape index (κ3) is 3.46. The molecule has 0 saturated carbocycles. The number of nitrogens with zero attached hydrogens (tertiary/aromatic N) is 1. The van der Waals surface area contributed by atoms with Gasteiger partial charge in [0.15, 0.2) is 0 Å². The molecule has 0 bridgehead atoms. The molecule has 0 aliphatic carbocycles. The van der Waals surface area contributed by atoms with Gasteiger partial charge in [-0.15, -0.1) is 0 Å². The molecule has 17 heavy (non-hydrogen) atoms. The summed E-state index contributed by atoms with van der Waals surface area (Å²) in [6.07, 6.45) is 0. The first-order valence-corrected chi connectivity index (χ1v) is 5.26. The van der Waals surface area contributed by atoms with Crippen molar-refractivity contribution in [2.75, 3.05) is 0 Å². The molecule has 0 saturated heterocycles. The van der Waals surface area contributed by atoms with E-state index >= 15 is 0 Å². The number of esters is 1. The number of carbonyl (C=O) groups is 1. The smallest absolute Gasteiger partial charge is 0.316 e. The Morgan fingerprint density at radius 3 is 2.24 bits per heavy atom. The Labute approximate surface area is 101 Å². The monoisotopic (exact) mass is 229 g/mol. The molecule has 0 N–H and O–H groups in total. The van der Waals surface area contributed by atoms with Crippen LogP contribution in [0.25, 0.3) is 5.76 Å². The molecule has 0 unspecified atom stereocenters. The molecule has 0 spiro atoms. The van der Waals surface area contributed by atoms with E-state index in [1.165, 1.54) is 0 Å². The second-order valence-corrected chi connectivity index (χ2v) is 4.75. The summed E-state index contributed by atoms with van der Waals surface area (Å²) >= 11 is 0. The summed E-state index contributed by atoms with van der Waals surface area (Å²) in [5, 5.41) is 8.66. The van der Waals surface area contributed by atoms with Crippen LogP contribution < -0.4 is 0 Å². The van der Waals surface area contributed by atoms with Crippen LogP contribution in [0.15, 0.2) is 30.8 Å². The predicted molar refractivity (Wildman–Crippen MR) is 65.7 cm³/mol. The SMILES string of the molecule is C=C(OC(=O)C(C)(C)C)c1ccc(C#N)cc1. The molecular formula is C14H15NO2. The van der Waals surface area contributed by atoms with Crippen LogP contribution in [0.3, 0.4) is 0 Å². The predicted octanol–water partition coefficient (Wildman–Crippen LogP) is 3.12. The number of hydrogen-bond donors (Lipinski definition) is 0. The zero-order chi connectivity index (χ0) is 13.1. The van der Waals surface area contributed by atoms with E-state index in [0.29, 0.717) is 16.9 Å². The van der Waals surface area contributed by atoms with E-state index < -0.39 is 5.41 Å². The molecule has 0 atom stereocenters. The Kier molecular flexibility index (Phi) is 3.69. The molecule has 0 amide bonds. The van der Waals surface area contributed by atoms with Crippen LogP contribution in [-0.2, 0) is 9.53 Å². The van der Waals surface area contributed by atoms with Crippen molar-refractivity contribution in [2.45, 2.75) is 20.8 Å². The van der Waals surface area contributed by atoms with Crippen LogP contribution in [0.1, 0.15) is 31.9 Å². The van der Waals surface area contributed by atoms with Crippen LogP contribution >= 0.6 is 0 Å². The van der Waals surface area contributed by atoms with Crippen molar-refractivity contribution in [3.05, 3.63) is 42.0 Å². The standard InChI is InChI=1S/C14H15NO2/c1-10(17-13(16)14(2,3)4)12-7-5-11(9-15)6-8-12/h5-8H,1H2,2-4H3. The van der Waals surface area contributed by atoms with Gasteiger partial charge in [0, 0.05) is 5.56 Å². The van der Waals surface area contributed by atoms with Crippen molar-refractivity contribution in [1.82, 2.24) is 0 Å². The van der Waals surface area contributed by atoms with Gasteiger partial charge in [-0.3, -0.25) is 4.79 Å². The van der Waals surface area contributed by atoms with Gasteiger partial charge in [-0.1, -0.05) is 6.58 Å². The largest absolute Gasteiger partial charge is 0.426 e. The lowest BCUT2D eigenvalue weighted by atomic mass is 9.97. The number of hydrogen-bond acceptors (Lipinski definition) is 3. The molecule has 0 fully saturated rings. The Bertz CT molecular complexity index is 472. The summed E-state index contributed by atoms with van der Waals surface area (Å²) in [5.41, 5.74) is 0.695. The van der Waals surface area contributed by atoms with Gasteiger partial charge < -0.3 is 4.74 Å². The van der Waals surface area contributed by atoms with E-state index in [1.54, 1.807) is 45.0 Å². The lowest BCUT2D eigenvalue weighted by Crippen LogP contribution is -2.22. The topological polar surface area (TPSA) is 50.1 Å². The first-order valence-electron chi connectivity index (χ1n) is 5.26. The summed E-state index contributed by atoms with van der Waals surface area (Å²) in [4.78, 5) is 11.6. The van der Waals surface area contributed by atoms with Crippen molar-refractivity contribution in [1.29, 1.82) is 5.26 Å². The lowest BCUT2D eigenvalue weighted by Gasteiger charge is -2.17. The fourth-order valence-corrected chi connectivity index (χ4v) is 1.05. The molecule has 0 aromatic heterocycles. The average molecular weight is 229 g/mol. The number of ether oxygens (including phenoxy) is 1. The highest BCUT2D eigenvalue weighted by Gasteiger charge is 2.24. The van der Waals surface area contributed by atoms with Gasteiger partial charge in [0.05, 0.1) is 17.0 Å². The number of nitriles is 1. The molecule has 0 aliphatic rings. The molecule has 3 heteroatoms. The fraction of sp³-hybridized carbons (Fsp3) is 0.286. The summed E-state index contributed by atoms with van der Waals surface area (Å²) < 4.78 is 5.16. The fourth-order valence-electron chi connectivity index (χ4n) is 1.05. The van der Waals surface area contributed by atoms with E-state index in [4.69, 9.17) is 10.00 Å². The van der Waals surface area contributed by atoms with Crippen molar-refractivity contribution >= 4 is 11.7 Å². The summed E-state index contributed by atoms with van der Waals surface area (Å²) in [5.74, 6) is -0.0266. The minimum absolute atomic E-state index is 0.300. The molecule has 0 aliphatic heterocycles. The maximum Gasteiger partial charge on any atom is 0.316 e. The Hall–Kier alpha value is -2.08. The third-order valence-corrected chi connectivity index (χ3v) is 2.16. The average Bonchev–Trinajstić information content (AvgIpc) is 2.27. The second-order valence-electron chi connectivity index (χ2n) is 4.75. The van der Waals surface area contributed by atoms with Crippen LogP contribution in [0.4, 0.5) is 0 Å². The highest BCUT2D eigenvalue weighted by atomic mass is 16.5. The first kappa shape index (κ1) is 13.0. The van der Waals surface area contributed by atoms with E-state index in [2.05, 4.69) is 6.58 Å². The van der Waals surface area contributed by atoms with Gasteiger partial charge >= 0.3 is 5.97 Å². The van der Waals surface area contributed by atoms with Gasteiger partial charge in [0.25, 0.3) is 0 Å². The van der Waals surface area contributed by atoms with E-state index in [9.17, 15) is 4.79 Å². The van der Waals surface area contributed by atoms with Crippen molar-refractivity contribution in [3.8, 4) is 6.07 Å². The van der Waals surface area contributed by atoms with Gasteiger partial charge in [-0.05, 0) is 45.0 Å². The molecule has 0 heterocycles. The molecule has 1 rings (SSSR count). The summed E-state index contributed by atoms with van der Waals surface area (Å²) in [6.45, 7) is 9.05. The highest BCUT2D eigenvalue weighted by molar-refractivity contribution is 5.81. The van der Waals surface area contributed by atoms with Crippen LogP contribution in [0.2, 0.25) is 0 Å². The van der Waals surface area contributed by atoms with Crippen molar-refractivity contribution in [2.24, 2.45) is 5.41 Å². The molecule has 3 nitrogen and oxygen atoms in total. The summed E-state index contributed by atoms with van der Waals surface area (Å²) in [7, 11) is 0. The van der Waals surface area contributed by atoms with Crippen LogP contribution in [0.5, 0.6) is 0 Å². The quantitative estimate of drug-likeness (QED) is 0.578. The first-order chi connectivity index (χ1) is 7.84. The zero-order valence-electron chi connectivity index (χ0n) is 10.3. The molecular weight excluding hydrogens is 214 g/mol. The maximum absolute atomic E-state index is 11.6. The van der Waals surface area contributed by atoms with E-state index in [1.807, 2.05) is 6.07 Å². The van der Waals surface area contributed by atoms with Gasteiger partial charge in [0.1, 0.15) is 5.76 Å². The number of benzene rings is 1. The minimum atomic E-state index is -0.560. The van der Waals surface area contributed by atoms with E-state index in [-0.39, 0.29) is 5.97 Å². The molecule has 1 aromatic rings.